The topological polar surface area (TPSA) is 46.5 Å². The van der Waals surface area contributed by atoms with Crippen LogP contribution < -0.4 is 0 Å². The Bertz CT molecular complexity index is 341. The van der Waals surface area contributed by atoms with Crippen LogP contribution in [0.1, 0.15) is 65.7 Å². The number of carbonyl (C=O) groups is 1. The Labute approximate surface area is 129 Å². The lowest BCUT2D eigenvalue weighted by molar-refractivity contribution is -0.117. The van der Waals surface area contributed by atoms with Gasteiger partial charge in [-0.25, -0.2) is 0 Å². The van der Waals surface area contributed by atoms with Gasteiger partial charge in [-0.3, -0.25) is 0 Å². The second-order valence-electron chi connectivity index (χ2n) is 7.41. The van der Waals surface area contributed by atoms with E-state index in [-0.39, 0.29) is 17.8 Å². The van der Waals surface area contributed by atoms with E-state index in [0.717, 1.165) is 12.5 Å². The minimum Gasteiger partial charge on any atom is -0.393 e. The number of aliphatic hydroxyl groups is 1. The van der Waals surface area contributed by atoms with E-state index in [4.69, 9.17) is 4.74 Å². The monoisotopic (exact) mass is 296 g/mol. The van der Waals surface area contributed by atoms with Crippen molar-refractivity contribution in [3.05, 3.63) is 0 Å². The molecule has 0 aromatic carbocycles. The molecule has 1 saturated heterocycles. The van der Waals surface area contributed by atoms with Gasteiger partial charge >= 0.3 is 0 Å². The van der Waals surface area contributed by atoms with Crippen LogP contribution in [0.2, 0.25) is 0 Å². The normalized spacial score (nSPS) is 36.4. The van der Waals surface area contributed by atoms with Crippen LogP contribution in [0, 0.1) is 23.7 Å². The fraction of sp³-hybridized carbons (Fsp3) is 0.944. The number of hydrogen-bond acceptors (Lipinski definition) is 3. The van der Waals surface area contributed by atoms with Gasteiger partial charge in [0, 0.05) is 6.42 Å². The molecule has 1 heterocycles. The average Bonchev–Trinajstić information content (AvgIpc) is 2.66. The number of aliphatic hydroxyl groups excluding tert-OH is 1. The third kappa shape index (κ3) is 4.53. The maximum absolute atomic E-state index is 11.1. The zero-order chi connectivity index (χ0) is 15.4. The summed E-state index contributed by atoms with van der Waals surface area (Å²) in [4.78, 5) is 11.1. The summed E-state index contributed by atoms with van der Waals surface area (Å²) in [6, 6.07) is 0. The first-order valence-electron chi connectivity index (χ1n) is 8.78. The van der Waals surface area contributed by atoms with Gasteiger partial charge in [-0.05, 0) is 63.2 Å². The van der Waals surface area contributed by atoms with E-state index in [1.54, 1.807) is 6.92 Å². The fourth-order valence-electron chi connectivity index (χ4n) is 4.37. The number of rotatable bonds is 5. The number of carbonyl (C=O) groups excluding carboxylic acids is 1. The van der Waals surface area contributed by atoms with Crippen LogP contribution in [0.3, 0.4) is 0 Å². The molecule has 2 rings (SSSR count). The number of fused-ring (bicyclic) bond motifs is 1. The van der Waals surface area contributed by atoms with Crippen LogP contribution in [0.5, 0.6) is 0 Å². The van der Waals surface area contributed by atoms with Gasteiger partial charge in [0.1, 0.15) is 5.78 Å². The van der Waals surface area contributed by atoms with Crippen molar-refractivity contribution in [3.8, 4) is 0 Å². The smallest absolute Gasteiger partial charge is 0.129 e. The van der Waals surface area contributed by atoms with Gasteiger partial charge in [-0.15, -0.1) is 0 Å². The molecule has 3 nitrogen and oxygen atoms in total. The molecular weight excluding hydrogens is 264 g/mol. The van der Waals surface area contributed by atoms with Crippen molar-refractivity contribution < 1.29 is 14.6 Å². The summed E-state index contributed by atoms with van der Waals surface area (Å²) in [5, 5.41) is 10.4. The van der Waals surface area contributed by atoms with Crippen molar-refractivity contribution in [1.29, 1.82) is 0 Å². The SMILES string of the molecule is CC(=O)CCC(O)C(C)C1CCCC2CCC(C)OCC21. The maximum Gasteiger partial charge on any atom is 0.129 e. The van der Waals surface area contributed by atoms with Crippen LogP contribution in [0.15, 0.2) is 0 Å². The lowest BCUT2D eigenvalue weighted by atomic mass is 9.65. The molecule has 1 aliphatic heterocycles. The Balaban J connectivity index is 1.97. The standard InChI is InChI=1S/C18H32O3/c1-12(19)7-10-18(20)14(3)16-6-4-5-15-9-8-13(2)21-11-17(15)16/h13-18,20H,4-11H2,1-3H3. The molecule has 1 N–H and O–H groups in total. The molecule has 2 aliphatic rings. The highest BCUT2D eigenvalue weighted by molar-refractivity contribution is 5.75. The summed E-state index contributed by atoms with van der Waals surface area (Å²) in [5.74, 6) is 2.38. The van der Waals surface area contributed by atoms with Gasteiger partial charge < -0.3 is 14.6 Å². The zero-order valence-corrected chi connectivity index (χ0v) is 13.9. The summed E-state index contributed by atoms with van der Waals surface area (Å²) < 4.78 is 5.99. The summed E-state index contributed by atoms with van der Waals surface area (Å²) in [7, 11) is 0. The molecule has 122 valence electrons. The third-order valence-electron chi connectivity index (χ3n) is 5.86. The lowest BCUT2D eigenvalue weighted by Gasteiger charge is -2.41. The van der Waals surface area contributed by atoms with Crippen molar-refractivity contribution in [3.63, 3.8) is 0 Å². The lowest BCUT2D eigenvalue weighted by Crippen LogP contribution is -2.38. The van der Waals surface area contributed by atoms with E-state index in [2.05, 4.69) is 13.8 Å². The molecule has 0 aromatic rings. The number of ether oxygens (including phenoxy) is 1. The molecule has 1 saturated carbocycles. The summed E-state index contributed by atoms with van der Waals surface area (Å²) in [5.41, 5.74) is 0. The fourth-order valence-corrected chi connectivity index (χ4v) is 4.37. The quantitative estimate of drug-likeness (QED) is 0.843. The van der Waals surface area contributed by atoms with Crippen molar-refractivity contribution in [1.82, 2.24) is 0 Å². The Hall–Kier alpha value is -0.410. The Kier molecular flexibility index (Phi) is 6.24. The van der Waals surface area contributed by atoms with Gasteiger partial charge in [0.05, 0.1) is 18.8 Å². The van der Waals surface area contributed by atoms with E-state index in [1.807, 2.05) is 0 Å². The molecule has 6 unspecified atom stereocenters. The highest BCUT2D eigenvalue weighted by Crippen LogP contribution is 2.44. The van der Waals surface area contributed by atoms with Gasteiger partial charge in [0.2, 0.25) is 0 Å². The molecule has 2 fully saturated rings. The van der Waals surface area contributed by atoms with E-state index in [0.29, 0.717) is 30.8 Å². The first-order chi connectivity index (χ1) is 9.99. The molecule has 3 heteroatoms. The number of ketones is 1. The minimum absolute atomic E-state index is 0.175. The van der Waals surface area contributed by atoms with E-state index >= 15 is 0 Å². The summed E-state index contributed by atoms with van der Waals surface area (Å²) in [6.07, 6.45) is 7.41. The van der Waals surface area contributed by atoms with Crippen molar-refractivity contribution in [2.45, 2.75) is 77.9 Å². The van der Waals surface area contributed by atoms with Crippen molar-refractivity contribution in [2.24, 2.45) is 23.7 Å². The first kappa shape index (κ1) is 17.0. The highest BCUT2D eigenvalue weighted by Gasteiger charge is 2.39. The largest absolute Gasteiger partial charge is 0.393 e. The first-order valence-corrected chi connectivity index (χ1v) is 8.78. The predicted molar refractivity (Wildman–Crippen MR) is 84.1 cm³/mol. The molecule has 1 aliphatic carbocycles. The molecule has 0 aromatic heterocycles. The average molecular weight is 296 g/mol. The Morgan fingerprint density at radius 1 is 1.29 bits per heavy atom. The number of hydrogen-bond donors (Lipinski definition) is 1. The second-order valence-corrected chi connectivity index (χ2v) is 7.41. The summed E-state index contributed by atoms with van der Waals surface area (Å²) in [6.45, 7) is 6.82. The molecular formula is C18H32O3. The van der Waals surface area contributed by atoms with E-state index in [9.17, 15) is 9.90 Å². The van der Waals surface area contributed by atoms with Crippen LogP contribution in [-0.4, -0.2) is 29.7 Å². The van der Waals surface area contributed by atoms with Crippen LogP contribution in [-0.2, 0) is 9.53 Å². The van der Waals surface area contributed by atoms with Gasteiger partial charge in [0.25, 0.3) is 0 Å². The highest BCUT2D eigenvalue weighted by atomic mass is 16.5. The van der Waals surface area contributed by atoms with E-state index in [1.165, 1.54) is 32.1 Å². The molecule has 6 atom stereocenters. The maximum atomic E-state index is 11.1. The van der Waals surface area contributed by atoms with Crippen LogP contribution in [0.25, 0.3) is 0 Å². The van der Waals surface area contributed by atoms with Crippen molar-refractivity contribution in [2.75, 3.05) is 6.61 Å². The van der Waals surface area contributed by atoms with Crippen LogP contribution in [0.4, 0.5) is 0 Å². The predicted octanol–water partition coefficient (Wildman–Crippen LogP) is 3.58. The second kappa shape index (κ2) is 7.73. The molecule has 0 spiro atoms. The third-order valence-corrected chi connectivity index (χ3v) is 5.86. The van der Waals surface area contributed by atoms with Crippen molar-refractivity contribution >= 4 is 5.78 Å². The van der Waals surface area contributed by atoms with Crippen LogP contribution >= 0.6 is 0 Å². The molecule has 0 bridgehead atoms. The van der Waals surface area contributed by atoms with Gasteiger partial charge in [-0.1, -0.05) is 19.8 Å². The number of Topliss-reactive ketones (excluding diaryl/α,β-unsaturated/α-hetero) is 1. The summed E-state index contributed by atoms with van der Waals surface area (Å²) >= 11 is 0. The minimum atomic E-state index is -0.349. The molecule has 0 radical (unpaired) electrons. The van der Waals surface area contributed by atoms with Gasteiger partial charge in [0.15, 0.2) is 0 Å². The zero-order valence-electron chi connectivity index (χ0n) is 13.9. The Morgan fingerprint density at radius 3 is 2.76 bits per heavy atom. The molecule has 21 heavy (non-hydrogen) atoms. The van der Waals surface area contributed by atoms with E-state index < -0.39 is 0 Å². The molecule has 0 amide bonds. The Morgan fingerprint density at radius 2 is 2.05 bits per heavy atom. The van der Waals surface area contributed by atoms with Gasteiger partial charge in [-0.2, -0.15) is 0 Å².